The normalized spacial score (nSPS) is 23.7. The highest BCUT2D eigenvalue weighted by Crippen LogP contribution is 2.57. The topological polar surface area (TPSA) is 196 Å². The smallest absolute Gasteiger partial charge is 0.310 e. The minimum absolute atomic E-state index is 0.0339. The van der Waals surface area contributed by atoms with Crippen LogP contribution in [0.5, 0.6) is 69.0 Å². The van der Waals surface area contributed by atoms with Crippen molar-refractivity contribution in [2.24, 2.45) is 23.7 Å². The number of cyclic esters (lactones) is 2. The highest BCUT2D eigenvalue weighted by Gasteiger charge is 2.51. The second-order valence-electron chi connectivity index (χ2n) is 15.0. The molecule has 2 aliphatic carbocycles. The van der Waals surface area contributed by atoms with E-state index in [2.05, 4.69) is 0 Å². The van der Waals surface area contributed by atoms with Crippen LogP contribution >= 0.6 is 0 Å². The molecule has 0 bridgehead atoms. The molecule has 16 nitrogen and oxygen atoms in total. The van der Waals surface area contributed by atoms with Gasteiger partial charge in [0.05, 0.1) is 60.6 Å². The highest BCUT2D eigenvalue weighted by molar-refractivity contribution is 5.80. The van der Waals surface area contributed by atoms with E-state index in [1.54, 1.807) is 33.5 Å². The Kier molecular flexibility index (Phi) is 9.44. The van der Waals surface area contributed by atoms with Gasteiger partial charge in [0.2, 0.25) is 36.6 Å². The molecule has 3 N–H and O–H groups in total. The van der Waals surface area contributed by atoms with E-state index in [1.165, 1.54) is 14.2 Å². The van der Waals surface area contributed by atoms with Crippen molar-refractivity contribution in [3.05, 3.63) is 69.8 Å². The summed E-state index contributed by atoms with van der Waals surface area (Å²) in [4.78, 5) is 25.4. The predicted octanol–water partition coefficient (Wildman–Crippen LogP) is 4.94. The molecule has 0 radical (unpaired) electrons. The lowest BCUT2D eigenvalue weighted by atomic mass is 9.67. The van der Waals surface area contributed by atoms with Crippen molar-refractivity contribution in [1.82, 2.24) is 0 Å². The van der Waals surface area contributed by atoms with E-state index in [9.17, 15) is 24.9 Å². The molecule has 2 saturated heterocycles. The van der Waals surface area contributed by atoms with Crippen LogP contribution in [0.4, 0.5) is 0 Å². The van der Waals surface area contributed by atoms with Gasteiger partial charge in [-0.2, -0.15) is 0 Å². The molecule has 0 spiro atoms. The molecule has 10 rings (SSSR count). The summed E-state index contributed by atoms with van der Waals surface area (Å²) < 4.78 is 59.7. The molecule has 0 unspecified atom stereocenters. The first-order chi connectivity index (χ1) is 28.6. The Morgan fingerprint density at radius 1 is 0.508 bits per heavy atom. The molecule has 4 aliphatic heterocycles. The van der Waals surface area contributed by atoms with Gasteiger partial charge in [0, 0.05) is 34.8 Å². The number of ether oxygens (including phenoxy) is 11. The van der Waals surface area contributed by atoms with Crippen LogP contribution in [0.15, 0.2) is 36.4 Å². The summed E-state index contributed by atoms with van der Waals surface area (Å²) in [6, 6.07) is 10.7. The van der Waals surface area contributed by atoms with Crippen molar-refractivity contribution in [1.29, 1.82) is 0 Å². The zero-order valence-electron chi connectivity index (χ0n) is 32.8. The van der Waals surface area contributed by atoms with E-state index in [-0.39, 0.29) is 77.9 Å². The van der Waals surface area contributed by atoms with Crippen LogP contribution in [0, 0.1) is 23.7 Å². The zero-order chi connectivity index (χ0) is 41.3. The van der Waals surface area contributed by atoms with E-state index < -0.39 is 11.8 Å². The first kappa shape index (κ1) is 38.0. The third-order valence-electron chi connectivity index (χ3n) is 12.2. The van der Waals surface area contributed by atoms with Gasteiger partial charge in [-0.05, 0) is 71.5 Å². The molecule has 0 amide bonds. The second kappa shape index (κ2) is 14.7. The van der Waals surface area contributed by atoms with Crippen LogP contribution in [-0.4, -0.2) is 89.6 Å². The van der Waals surface area contributed by atoms with Crippen LogP contribution in [0.1, 0.15) is 45.2 Å². The van der Waals surface area contributed by atoms with Crippen molar-refractivity contribution in [3.8, 4) is 69.0 Å². The van der Waals surface area contributed by atoms with Gasteiger partial charge in [-0.15, -0.1) is 0 Å². The number of benzene rings is 4. The number of phenolic OH excluding ortho intramolecular Hbond substituents is 3. The maximum Gasteiger partial charge on any atom is 0.310 e. The molecular weight excluding hydrogens is 772 g/mol. The van der Waals surface area contributed by atoms with Crippen LogP contribution < -0.4 is 42.6 Å². The summed E-state index contributed by atoms with van der Waals surface area (Å²) in [7, 11) is 7.53. The number of carbonyl (C=O) groups is 2. The number of aromatic hydroxyl groups is 3. The Labute approximate surface area is 337 Å². The Bertz CT molecular complexity index is 2320. The van der Waals surface area contributed by atoms with Crippen molar-refractivity contribution in [2.75, 3.05) is 62.3 Å². The fourth-order valence-electron chi connectivity index (χ4n) is 9.56. The van der Waals surface area contributed by atoms with Crippen molar-refractivity contribution in [2.45, 2.75) is 24.7 Å². The van der Waals surface area contributed by atoms with E-state index in [0.29, 0.717) is 77.4 Å². The van der Waals surface area contributed by atoms with Crippen molar-refractivity contribution in [3.63, 3.8) is 0 Å². The minimum Gasteiger partial charge on any atom is -0.504 e. The third-order valence-corrected chi connectivity index (χ3v) is 12.2. The Morgan fingerprint density at radius 2 is 0.915 bits per heavy atom. The fraction of sp³-hybridized carbons (Fsp3) is 0.395. The SMILES string of the molecule is COc1cc([C@@H]2c3cc4c(c(O)c3C[C@H]3COC(=O)[C@@H]32)OCO4)cc(OC)c1O.COc1cc([C@@H]2c3cc4c(c(O)c3C[C@H]3COC(=O)[C@@H]32)OCO4)cc(OC)c1OC. The van der Waals surface area contributed by atoms with Crippen molar-refractivity contribution < 1.29 is 77.0 Å². The Hall–Kier alpha value is -6.58. The lowest BCUT2D eigenvalue weighted by molar-refractivity contribution is -0.142. The van der Waals surface area contributed by atoms with Gasteiger partial charge in [0.15, 0.2) is 46.0 Å². The maximum atomic E-state index is 12.7. The van der Waals surface area contributed by atoms with Crippen LogP contribution in [0.2, 0.25) is 0 Å². The van der Waals surface area contributed by atoms with Crippen LogP contribution in [-0.2, 0) is 31.9 Å². The van der Waals surface area contributed by atoms with E-state index in [4.69, 9.17) is 52.1 Å². The number of phenols is 3. The number of hydrogen-bond donors (Lipinski definition) is 3. The number of rotatable bonds is 7. The van der Waals surface area contributed by atoms with Gasteiger partial charge in [-0.3, -0.25) is 9.59 Å². The average molecular weight is 815 g/mol. The molecule has 6 aliphatic rings. The largest absolute Gasteiger partial charge is 0.504 e. The quantitative estimate of drug-likeness (QED) is 0.212. The standard InChI is InChI=1S/C22H22O8.C21H20O8/c1-25-14-5-10(6-15(26-2)20(14)27-3)17-12-7-16-21(30-9-29-16)19(23)13(12)4-11-8-28-22(24)18(11)17;1-25-13-4-9(5-14(26-2)19(13)23)16-11-6-15-20(29-8-28-15)18(22)12(11)3-10-7-27-21(24)17(10)16/h5-7,11,17-18,23H,4,8-9H2,1-3H3;4-6,10,16-17,22-23H,3,7-8H2,1-2H3/t11-,17+,18-;10-,16+,17-/m00/s1. The molecule has 2 fully saturated rings. The summed E-state index contributed by atoms with van der Waals surface area (Å²) in [5.74, 6) is 1.20. The number of esters is 2. The lowest BCUT2D eigenvalue weighted by Crippen LogP contribution is -2.31. The van der Waals surface area contributed by atoms with Crippen LogP contribution in [0.3, 0.4) is 0 Å². The molecule has 4 aromatic carbocycles. The predicted molar refractivity (Wildman–Crippen MR) is 203 cm³/mol. The van der Waals surface area contributed by atoms with Gasteiger partial charge >= 0.3 is 11.9 Å². The van der Waals surface area contributed by atoms with Gasteiger partial charge in [-0.1, -0.05) is 0 Å². The van der Waals surface area contributed by atoms with Crippen molar-refractivity contribution >= 4 is 11.9 Å². The highest BCUT2D eigenvalue weighted by atomic mass is 16.7. The number of carbonyl (C=O) groups excluding carboxylic acids is 2. The second-order valence-corrected chi connectivity index (χ2v) is 15.0. The molecule has 0 saturated carbocycles. The van der Waals surface area contributed by atoms with Gasteiger partial charge < -0.3 is 67.4 Å². The van der Waals surface area contributed by atoms with Gasteiger partial charge in [0.25, 0.3) is 0 Å². The molecular formula is C43H42O16. The molecule has 4 heterocycles. The number of hydrogen-bond acceptors (Lipinski definition) is 16. The molecule has 4 aromatic rings. The summed E-state index contributed by atoms with van der Waals surface area (Å²) >= 11 is 0. The average Bonchev–Trinajstić information content (AvgIpc) is 4.08. The third kappa shape index (κ3) is 5.94. The molecule has 6 atom stereocenters. The first-order valence-electron chi connectivity index (χ1n) is 19.0. The zero-order valence-corrected chi connectivity index (χ0v) is 32.8. The minimum atomic E-state index is -0.429. The van der Waals surface area contributed by atoms with E-state index in [1.807, 2.05) is 24.3 Å². The fourth-order valence-corrected chi connectivity index (χ4v) is 9.56. The van der Waals surface area contributed by atoms with Gasteiger partial charge in [0.1, 0.15) is 0 Å². The number of methoxy groups -OCH3 is 5. The Morgan fingerprint density at radius 3 is 1.31 bits per heavy atom. The summed E-state index contributed by atoms with van der Waals surface area (Å²) in [6.07, 6.45) is 1.02. The monoisotopic (exact) mass is 814 g/mol. The molecule has 310 valence electrons. The summed E-state index contributed by atoms with van der Waals surface area (Å²) in [5, 5.41) is 32.0. The molecule has 0 aromatic heterocycles. The lowest BCUT2D eigenvalue weighted by Gasteiger charge is -2.34. The number of fused-ring (bicyclic) bond motifs is 6. The van der Waals surface area contributed by atoms with Gasteiger partial charge in [-0.25, -0.2) is 0 Å². The Balaban J connectivity index is 0.000000152. The first-order valence-corrected chi connectivity index (χ1v) is 19.0. The van der Waals surface area contributed by atoms with E-state index >= 15 is 0 Å². The van der Waals surface area contributed by atoms with Crippen LogP contribution in [0.25, 0.3) is 0 Å². The molecule has 59 heavy (non-hydrogen) atoms. The summed E-state index contributed by atoms with van der Waals surface area (Å²) in [6.45, 7) is 0.694. The van der Waals surface area contributed by atoms with E-state index in [0.717, 1.165) is 22.3 Å². The maximum absolute atomic E-state index is 12.7. The summed E-state index contributed by atoms with van der Waals surface area (Å²) in [5.41, 5.74) is 4.55. The molecule has 16 heteroatoms.